The lowest BCUT2D eigenvalue weighted by Gasteiger charge is -2.26. The molecule has 0 aliphatic carbocycles. The van der Waals surface area contributed by atoms with Crippen molar-refractivity contribution < 1.29 is 14.6 Å². The van der Waals surface area contributed by atoms with Crippen LogP contribution in [0, 0.1) is 0 Å². The van der Waals surface area contributed by atoms with Crippen molar-refractivity contribution >= 4 is 5.97 Å². The molecule has 0 spiro atoms. The van der Waals surface area contributed by atoms with Gasteiger partial charge in [0.1, 0.15) is 0 Å². The van der Waals surface area contributed by atoms with Crippen LogP contribution in [0.25, 0.3) is 0 Å². The predicted molar refractivity (Wildman–Crippen MR) is 56.3 cm³/mol. The van der Waals surface area contributed by atoms with Crippen LogP contribution in [0.2, 0.25) is 0 Å². The van der Waals surface area contributed by atoms with Gasteiger partial charge in [0, 0.05) is 38.4 Å². The number of aromatic nitrogens is 2. The minimum absolute atomic E-state index is 0.147. The van der Waals surface area contributed by atoms with E-state index in [9.17, 15) is 4.79 Å². The Bertz CT molecular complexity index is 383. The van der Waals surface area contributed by atoms with Gasteiger partial charge in [-0.25, -0.2) is 4.79 Å². The zero-order chi connectivity index (χ0) is 11.5. The minimum Gasteiger partial charge on any atom is -0.476 e. The van der Waals surface area contributed by atoms with Gasteiger partial charge in [-0.1, -0.05) is 0 Å². The summed E-state index contributed by atoms with van der Waals surface area (Å²) >= 11 is 0. The summed E-state index contributed by atoms with van der Waals surface area (Å²) in [5.41, 5.74) is 0.908. The number of hydrogen-bond donors (Lipinski definition) is 1. The van der Waals surface area contributed by atoms with Gasteiger partial charge in [-0.05, 0) is 0 Å². The first-order valence-corrected chi connectivity index (χ1v) is 5.23. The van der Waals surface area contributed by atoms with Gasteiger partial charge in [0.15, 0.2) is 5.69 Å². The van der Waals surface area contributed by atoms with Crippen LogP contribution in [-0.2, 0) is 18.3 Å². The molecule has 88 valence electrons. The average Bonchev–Trinajstić information content (AvgIpc) is 2.61. The van der Waals surface area contributed by atoms with Gasteiger partial charge in [-0.15, -0.1) is 0 Å². The molecule has 1 aliphatic heterocycles. The number of rotatable bonds is 3. The lowest BCUT2D eigenvalue weighted by Crippen LogP contribution is -2.35. The lowest BCUT2D eigenvalue weighted by molar-refractivity contribution is 0.0339. The maximum Gasteiger partial charge on any atom is 0.356 e. The van der Waals surface area contributed by atoms with Crippen molar-refractivity contribution in [3.63, 3.8) is 0 Å². The van der Waals surface area contributed by atoms with Gasteiger partial charge in [0.25, 0.3) is 0 Å². The van der Waals surface area contributed by atoms with Crippen molar-refractivity contribution in [1.29, 1.82) is 0 Å². The SMILES string of the molecule is Cn1cc(CN2CCOCC2)c(C(=O)O)n1. The van der Waals surface area contributed by atoms with E-state index < -0.39 is 5.97 Å². The quantitative estimate of drug-likeness (QED) is 0.781. The van der Waals surface area contributed by atoms with Crippen LogP contribution < -0.4 is 0 Å². The van der Waals surface area contributed by atoms with Crippen LogP contribution in [0.5, 0.6) is 0 Å². The zero-order valence-corrected chi connectivity index (χ0v) is 9.22. The predicted octanol–water partition coefficient (Wildman–Crippen LogP) is -0.0495. The number of ether oxygens (including phenoxy) is 1. The highest BCUT2D eigenvalue weighted by atomic mass is 16.5. The lowest BCUT2D eigenvalue weighted by atomic mass is 10.2. The van der Waals surface area contributed by atoms with E-state index in [1.165, 1.54) is 0 Å². The second kappa shape index (κ2) is 4.63. The van der Waals surface area contributed by atoms with Gasteiger partial charge in [-0.2, -0.15) is 5.10 Å². The molecule has 2 heterocycles. The maximum absolute atomic E-state index is 11.0. The Morgan fingerprint density at radius 2 is 2.25 bits per heavy atom. The fourth-order valence-corrected chi connectivity index (χ4v) is 1.83. The van der Waals surface area contributed by atoms with Crippen molar-refractivity contribution in [3.05, 3.63) is 17.5 Å². The molecule has 0 atom stereocenters. The zero-order valence-electron chi connectivity index (χ0n) is 9.22. The molecule has 0 saturated carbocycles. The van der Waals surface area contributed by atoms with E-state index in [2.05, 4.69) is 10.00 Å². The van der Waals surface area contributed by atoms with Crippen LogP contribution in [0.3, 0.4) is 0 Å². The molecule has 1 aromatic heterocycles. The summed E-state index contributed by atoms with van der Waals surface area (Å²) in [4.78, 5) is 13.1. The van der Waals surface area contributed by atoms with Crippen molar-refractivity contribution in [2.24, 2.45) is 7.05 Å². The Morgan fingerprint density at radius 3 is 2.88 bits per heavy atom. The Labute approximate surface area is 93.4 Å². The fourth-order valence-electron chi connectivity index (χ4n) is 1.83. The van der Waals surface area contributed by atoms with Gasteiger partial charge in [0.05, 0.1) is 13.2 Å². The Hall–Kier alpha value is -1.40. The first kappa shape index (κ1) is 11.1. The maximum atomic E-state index is 11.0. The summed E-state index contributed by atoms with van der Waals surface area (Å²) < 4.78 is 6.78. The number of hydrogen-bond acceptors (Lipinski definition) is 4. The molecule has 0 unspecified atom stereocenters. The highest BCUT2D eigenvalue weighted by Gasteiger charge is 2.18. The van der Waals surface area contributed by atoms with E-state index in [4.69, 9.17) is 9.84 Å². The molecule has 1 saturated heterocycles. The average molecular weight is 225 g/mol. The summed E-state index contributed by atoms with van der Waals surface area (Å²) in [6, 6.07) is 0. The van der Waals surface area contributed by atoms with E-state index in [0.717, 1.165) is 18.7 Å². The Balaban J connectivity index is 2.10. The minimum atomic E-state index is -0.969. The third kappa shape index (κ3) is 2.40. The van der Waals surface area contributed by atoms with Gasteiger partial charge in [-0.3, -0.25) is 9.58 Å². The Morgan fingerprint density at radius 1 is 1.56 bits per heavy atom. The standard InChI is InChI=1S/C10H15N3O3/c1-12-6-8(9(11-12)10(14)15)7-13-2-4-16-5-3-13/h6H,2-5,7H2,1H3,(H,14,15). The molecule has 0 amide bonds. The number of morpholine rings is 1. The summed E-state index contributed by atoms with van der Waals surface area (Å²) in [6.45, 7) is 3.73. The molecule has 1 N–H and O–H groups in total. The molecule has 0 aromatic carbocycles. The third-order valence-electron chi connectivity index (χ3n) is 2.60. The first-order valence-electron chi connectivity index (χ1n) is 5.23. The highest BCUT2D eigenvalue weighted by molar-refractivity contribution is 5.86. The summed E-state index contributed by atoms with van der Waals surface area (Å²) in [7, 11) is 1.73. The molecule has 16 heavy (non-hydrogen) atoms. The van der Waals surface area contributed by atoms with Crippen LogP contribution in [0.4, 0.5) is 0 Å². The normalized spacial score (nSPS) is 17.6. The molecule has 6 nitrogen and oxygen atoms in total. The van der Waals surface area contributed by atoms with Crippen LogP contribution in [0.1, 0.15) is 16.1 Å². The molecule has 1 fully saturated rings. The number of aryl methyl sites for hydroxylation is 1. The number of carboxylic acids is 1. The van der Waals surface area contributed by atoms with E-state index in [0.29, 0.717) is 19.8 Å². The fraction of sp³-hybridized carbons (Fsp3) is 0.600. The van der Waals surface area contributed by atoms with Gasteiger partial charge >= 0.3 is 5.97 Å². The van der Waals surface area contributed by atoms with Crippen molar-refractivity contribution in [3.8, 4) is 0 Å². The molecular formula is C10H15N3O3. The van der Waals surface area contributed by atoms with Gasteiger partial charge in [0.2, 0.25) is 0 Å². The largest absolute Gasteiger partial charge is 0.476 e. The molecule has 0 bridgehead atoms. The van der Waals surface area contributed by atoms with E-state index in [1.807, 2.05) is 0 Å². The van der Waals surface area contributed by atoms with Crippen LogP contribution in [0.15, 0.2) is 6.20 Å². The van der Waals surface area contributed by atoms with Crippen LogP contribution in [-0.4, -0.2) is 52.1 Å². The molecule has 1 aliphatic rings. The number of aromatic carboxylic acids is 1. The summed E-state index contributed by atoms with van der Waals surface area (Å²) in [6.07, 6.45) is 1.76. The second-order valence-electron chi connectivity index (χ2n) is 3.87. The molecular weight excluding hydrogens is 210 g/mol. The number of carbonyl (C=O) groups is 1. The molecule has 2 rings (SSSR count). The third-order valence-corrected chi connectivity index (χ3v) is 2.60. The molecule has 0 radical (unpaired) electrons. The monoisotopic (exact) mass is 225 g/mol. The smallest absolute Gasteiger partial charge is 0.356 e. The van der Waals surface area contributed by atoms with Crippen molar-refractivity contribution in [2.45, 2.75) is 6.54 Å². The Kier molecular flexibility index (Phi) is 3.21. The van der Waals surface area contributed by atoms with Crippen molar-refractivity contribution in [1.82, 2.24) is 14.7 Å². The van der Waals surface area contributed by atoms with E-state index >= 15 is 0 Å². The van der Waals surface area contributed by atoms with E-state index in [1.54, 1.807) is 17.9 Å². The highest BCUT2D eigenvalue weighted by Crippen LogP contribution is 2.11. The van der Waals surface area contributed by atoms with E-state index in [-0.39, 0.29) is 5.69 Å². The summed E-state index contributed by atoms with van der Waals surface area (Å²) in [5.74, 6) is -0.969. The first-order chi connectivity index (χ1) is 7.66. The summed E-state index contributed by atoms with van der Waals surface area (Å²) in [5, 5.41) is 12.9. The molecule has 6 heteroatoms. The van der Waals surface area contributed by atoms with Crippen molar-refractivity contribution in [2.75, 3.05) is 26.3 Å². The second-order valence-corrected chi connectivity index (χ2v) is 3.87. The molecule has 1 aromatic rings. The number of nitrogens with zero attached hydrogens (tertiary/aromatic N) is 3. The van der Waals surface area contributed by atoms with Gasteiger partial charge < -0.3 is 9.84 Å². The van der Waals surface area contributed by atoms with Crippen LogP contribution >= 0.6 is 0 Å². The number of carboxylic acid groups (broad SMARTS) is 1. The topological polar surface area (TPSA) is 67.6 Å².